The summed E-state index contributed by atoms with van der Waals surface area (Å²) >= 11 is 1.61. The lowest BCUT2D eigenvalue weighted by Gasteiger charge is -2.34. The van der Waals surface area contributed by atoms with Gasteiger partial charge in [0.05, 0.1) is 10.7 Å². The second-order valence-corrected chi connectivity index (χ2v) is 6.94. The van der Waals surface area contributed by atoms with Crippen LogP contribution < -0.4 is 0 Å². The first-order valence-corrected chi connectivity index (χ1v) is 9.11. The van der Waals surface area contributed by atoms with E-state index in [-0.39, 0.29) is 5.91 Å². The monoisotopic (exact) mass is 321 g/mol. The van der Waals surface area contributed by atoms with Crippen LogP contribution in [0.5, 0.6) is 0 Å². The predicted molar refractivity (Wildman–Crippen MR) is 93.0 cm³/mol. The molecule has 1 aromatic rings. The molecular weight excluding hydrogens is 294 g/mol. The van der Waals surface area contributed by atoms with Crippen molar-refractivity contribution in [3.8, 4) is 0 Å². The number of aromatic nitrogens is 1. The lowest BCUT2D eigenvalue weighted by Crippen LogP contribution is -2.41. The average molecular weight is 321 g/mol. The number of hydrogen-bond acceptors (Lipinski definition) is 4. The maximum absolute atomic E-state index is 12.2. The van der Waals surface area contributed by atoms with Crippen LogP contribution in [0.15, 0.2) is 11.5 Å². The van der Waals surface area contributed by atoms with Gasteiger partial charge >= 0.3 is 0 Å². The molecule has 2 heterocycles. The summed E-state index contributed by atoms with van der Waals surface area (Å²) in [4.78, 5) is 21.0. The number of likely N-dealkylation sites (tertiary alicyclic amines) is 1. The van der Waals surface area contributed by atoms with Crippen LogP contribution >= 0.6 is 11.3 Å². The summed E-state index contributed by atoms with van der Waals surface area (Å²) in [6.07, 6.45) is 5.73. The molecule has 0 unspecified atom stereocenters. The van der Waals surface area contributed by atoms with Gasteiger partial charge in [-0.3, -0.25) is 4.79 Å². The van der Waals surface area contributed by atoms with Gasteiger partial charge in [0.1, 0.15) is 0 Å². The van der Waals surface area contributed by atoms with Gasteiger partial charge in [0, 0.05) is 31.1 Å². The number of rotatable bonds is 6. The van der Waals surface area contributed by atoms with Crippen molar-refractivity contribution in [2.75, 3.05) is 32.7 Å². The molecule has 0 saturated carbocycles. The third kappa shape index (κ3) is 4.92. The lowest BCUT2D eigenvalue weighted by atomic mass is 9.96. The molecule has 22 heavy (non-hydrogen) atoms. The smallest absolute Gasteiger partial charge is 0.246 e. The van der Waals surface area contributed by atoms with Gasteiger partial charge in [-0.1, -0.05) is 13.8 Å². The SMILES string of the molecule is CCN(CC)CC1CCN(C(=O)/C=C\c2csc(C)n2)CC1. The summed E-state index contributed by atoms with van der Waals surface area (Å²) < 4.78 is 0. The van der Waals surface area contributed by atoms with Gasteiger partial charge in [-0.2, -0.15) is 0 Å². The van der Waals surface area contributed by atoms with Crippen molar-refractivity contribution in [1.82, 2.24) is 14.8 Å². The summed E-state index contributed by atoms with van der Waals surface area (Å²) in [5.41, 5.74) is 0.882. The van der Waals surface area contributed by atoms with Gasteiger partial charge in [-0.15, -0.1) is 11.3 Å². The Morgan fingerprint density at radius 1 is 1.41 bits per heavy atom. The molecule has 0 bridgehead atoms. The number of aryl methyl sites for hydroxylation is 1. The molecule has 1 aromatic heterocycles. The third-order valence-corrected chi connectivity index (χ3v) is 5.16. The molecule has 0 N–H and O–H groups in total. The molecule has 0 aliphatic carbocycles. The minimum Gasteiger partial charge on any atom is -0.339 e. The van der Waals surface area contributed by atoms with Crippen molar-refractivity contribution < 1.29 is 4.79 Å². The minimum atomic E-state index is 0.118. The van der Waals surface area contributed by atoms with E-state index in [0.29, 0.717) is 0 Å². The van der Waals surface area contributed by atoms with E-state index in [0.717, 1.165) is 55.6 Å². The third-order valence-electron chi connectivity index (χ3n) is 4.37. The molecule has 1 aliphatic rings. The van der Waals surface area contributed by atoms with E-state index in [1.807, 2.05) is 23.3 Å². The summed E-state index contributed by atoms with van der Waals surface area (Å²) in [7, 11) is 0. The number of hydrogen-bond donors (Lipinski definition) is 0. The number of thiazole rings is 1. The summed E-state index contributed by atoms with van der Waals surface area (Å²) in [5, 5.41) is 3.01. The molecule has 4 nitrogen and oxygen atoms in total. The molecule has 1 amide bonds. The second kappa shape index (κ2) is 8.44. The highest BCUT2D eigenvalue weighted by Gasteiger charge is 2.22. The van der Waals surface area contributed by atoms with Crippen molar-refractivity contribution in [2.24, 2.45) is 5.92 Å². The summed E-state index contributed by atoms with van der Waals surface area (Å²) in [5.74, 6) is 0.848. The zero-order valence-corrected chi connectivity index (χ0v) is 14.7. The first-order chi connectivity index (χ1) is 10.6. The normalized spacial score (nSPS) is 16.8. The average Bonchev–Trinajstić information content (AvgIpc) is 2.96. The highest BCUT2D eigenvalue weighted by atomic mass is 32.1. The van der Waals surface area contributed by atoms with Crippen LogP contribution in [0, 0.1) is 12.8 Å². The van der Waals surface area contributed by atoms with Crippen molar-refractivity contribution in [3.63, 3.8) is 0 Å². The van der Waals surface area contributed by atoms with E-state index < -0.39 is 0 Å². The van der Waals surface area contributed by atoms with E-state index >= 15 is 0 Å². The fourth-order valence-corrected chi connectivity index (χ4v) is 3.48. The predicted octanol–water partition coefficient (Wildman–Crippen LogP) is 3.05. The molecule has 2 rings (SSSR count). The first-order valence-electron chi connectivity index (χ1n) is 8.23. The quantitative estimate of drug-likeness (QED) is 0.756. The fourth-order valence-electron chi connectivity index (χ4n) is 2.90. The maximum atomic E-state index is 12.2. The van der Waals surface area contributed by atoms with E-state index in [1.165, 1.54) is 6.54 Å². The van der Waals surface area contributed by atoms with Gasteiger partial charge < -0.3 is 9.80 Å². The topological polar surface area (TPSA) is 36.4 Å². The maximum Gasteiger partial charge on any atom is 0.246 e. The Balaban J connectivity index is 1.78. The van der Waals surface area contributed by atoms with Crippen LogP contribution in [-0.4, -0.2) is 53.4 Å². The molecule has 0 radical (unpaired) electrons. The van der Waals surface area contributed by atoms with Crippen molar-refractivity contribution >= 4 is 23.3 Å². The van der Waals surface area contributed by atoms with E-state index in [1.54, 1.807) is 17.4 Å². The number of amides is 1. The number of carbonyl (C=O) groups is 1. The van der Waals surface area contributed by atoms with Crippen molar-refractivity contribution in [2.45, 2.75) is 33.6 Å². The Labute approximate surface area is 137 Å². The number of nitrogens with zero attached hydrogens (tertiary/aromatic N) is 3. The lowest BCUT2D eigenvalue weighted by molar-refractivity contribution is -0.127. The molecule has 0 atom stereocenters. The fraction of sp³-hybridized carbons (Fsp3) is 0.647. The van der Waals surface area contributed by atoms with Crippen molar-refractivity contribution in [1.29, 1.82) is 0 Å². The molecule has 1 aliphatic heterocycles. The Morgan fingerprint density at radius 2 is 2.09 bits per heavy atom. The van der Waals surface area contributed by atoms with Crippen LogP contribution in [0.4, 0.5) is 0 Å². The highest BCUT2D eigenvalue weighted by Crippen LogP contribution is 2.19. The molecular formula is C17H27N3OS. The number of carbonyl (C=O) groups excluding carboxylic acids is 1. The Kier molecular flexibility index (Phi) is 6.58. The van der Waals surface area contributed by atoms with Crippen LogP contribution in [0.25, 0.3) is 6.08 Å². The first kappa shape index (κ1) is 17.2. The summed E-state index contributed by atoms with van der Waals surface area (Å²) in [6.45, 7) is 11.6. The van der Waals surface area contributed by atoms with Crippen molar-refractivity contribution in [3.05, 3.63) is 22.2 Å². The zero-order chi connectivity index (χ0) is 15.9. The Hall–Kier alpha value is -1.20. The second-order valence-electron chi connectivity index (χ2n) is 5.88. The molecule has 1 fully saturated rings. The molecule has 5 heteroatoms. The van der Waals surface area contributed by atoms with Gasteiger partial charge in [-0.25, -0.2) is 4.98 Å². The summed E-state index contributed by atoms with van der Waals surface area (Å²) in [6, 6.07) is 0. The minimum absolute atomic E-state index is 0.118. The van der Waals surface area contributed by atoms with Crippen LogP contribution in [0.2, 0.25) is 0 Å². The Bertz CT molecular complexity index is 500. The van der Waals surface area contributed by atoms with E-state index in [9.17, 15) is 4.79 Å². The number of piperidine rings is 1. The van der Waals surface area contributed by atoms with Crippen LogP contribution in [0.1, 0.15) is 37.4 Å². The molecule has 0 spiro atoms. The highest BCUT2D eigenvalue weighted by molar-refractivity contribution is 7.09. The molecule has 1 saturated heterocycles. The standard InChI is InChI=1S/C17H27N3OS/c1-4-19(5-2)12-15-8-10-20(11-9-15)17(21)7-6-16-13-22-14(3)18-16/h6-7,13,15H,4-5,8-12H2,1-3H3/b7-6-. The van der Waals surface area contributed by atoms with Gasteiger partial charge in [0.25, 0.3) is 0 Å². The zero-order valence-electron chi connectivity index (χ0n) is 13.9. The van der Waals surface area contributed by atoms with E-state index in [4.69, 9.17) is 0 Å². The van der Waals surface area contributed by atoms with Gasteiger partial charge in [0.2, 0.25) is 5.91 Å². The van der Waals surface area contributed by atoms with Crippen LogP contribution in [0.3, 0.4) is 0 Å². The largest absolute Gasteiger partial charge is 0.339 e. The Morgan fingerprint density at radius 3 is 2.64 bits per heavy atom. The van der Waals surface area contributed by atoms with E-state index in [2.05, 4.69) is 23.7 Å². The van der Waals surface area contributed by atoms with Gasteiger partial charge in [-0.05, 0) is 44.8 Å². The van der Waals surface area contributed by atoms with Crippen LogP contribution in [-0.2, 0) is 4.79 Å². The van der Waals surface area contributed by atoms with Gasteiger partial charge in [0.15, 0.2) is 0 Å². The molecule has 0 aromatic carbocycles. The molecule has 122 valence electrons.